The average Bonchev–Trinajstić information content (AvgIpc) is 2.71. The van der Waals surface area contributed by atoms with E-state index in [1.807, 2.05) is 43.3 Å². The number of fused-ring (bicyclic) bond motifs is 1. The van der Waals surface area contributed by atoms with E-state index in [0.717, 1.165) is 35.0 Å². The second-order valence-corrected chi connectivity index (χ2v) is 8.11. The number of benzene rings is 3. The number of amides is 1. The molecule has 0 saturated heterocycles. The number of aryl methyl sites for hydroxylation is 2. The molecule has 0 fully saturated rings. The van der Waals surface area contributed by atoms with Crippen molar-refractivity contribution in [3.63, 3.8) is 0 Å². The van der Waals surface area contributed by atoms with Crippen LogP contribution in [0.3, 0.4) is 0 Å². The summed E-state index contributed by atoms with van der Waals surface area (Å²) in [4.78, 5) is 12.5. The zero-order valence-electron chi connectivity index (χ0n) is 15.8. The number of halogens is 1. The summed E-state index contributed by atoms with van der Waals surface area (Å²) in [6.45, 7) is 1.99. The van der Waals surface area contributed by atoms with Gasteiger partial charge in [-0.3, -0.25) is 4.79 Å². The molecule has 0 heterocycles. The first-order valence-corrected chi connectivity index (χ1v) is 10.3. The minimum absolute atomic E-state index is 0.0735. The fourth-order valence-corrected chi connectivity index (χ4v) is 4.14. The van der Waals surface area contributed by atoms with Gasteiger partial charge in [-0.25, -0.2) is 0 Å². The number of hydrogen-bond acceptors (Lipinski definition) is 1. The quantitative estimate of drug-likeness (QED) is 0.496. The zero-order chi connectivity index (χ0) is 19.5. The molecule has 0 atom stereocenters. The SMILES string of the molecule is Cc1ccccc1NC(=O)c1ccc(CC2=Cc3c(Br)cccc3CC2)cc1. The first-order chi connectivity index (χ1) is 13.6. The number of rotatable bonds is 4. The maximum absolute atomic E-state index is 12.5. The monoisotopic (exact) mass is 431 g/mol. The molecule has 3 aromatic rings. The van der Waals surface area contributed by atoms with Crippen LogP contribution in [0.5, 0.6) is 0 Å². The molecule has 0 radical (unpaired) electrons. The molecule has 3 heteroatoms. The maximum Gasteiger partial charge on any atom is 0.255 e. The van der Waals surface area contributed by atoms with Crippen LogP contribution < -0.4 is 5.32 Å². The molecule has 1 aliphatic rings. The summed E-state index contributed by atoms with van der Waals surface area (Å²) < 4.78 is 1.16. The normalized spacial score (nSPS) is 12.9. The second kappa shape index (κ2) is 8.15. The summed E-state index contributed by atoms with van der Waals surface area (Å²) in [5.74, 6) is -0.0735. The standard InChI is InChI=1S/C25H22BrNO/c1-17-5-2-3-8-24(17)27-25(28)21-13-9-18(10-14-21)15-19-11-12-20-6-4-7-23(26)22(20)16-19/h2-10,13-14,16H,11-12,15H2,1H3,(H,27,28). The highest BCUT2D eigenvalue weighted by Gasteiger charge is 2.13. The Morgan fingerprint density at radius 1 is 0.964 bits per heavy atom. The summed E-state index contributed by atoms with van der Waals surface area (Å²) in [5, 5.41) is 2.99. The minimum Gasteiger partial charge on any atom is -0.322 e. The largest absolute Gasteiger partial charge is 0.322 e. The van der Waals surface area contributed by atoms with E-state index in [0.29, 0.717) is 5.56 Å². The average molecular weight is 432 g/mol. The van der Waals surface area contributed by atoms with E-state index < -0.39 is 0 Å². The third kappa shape index (κ3) is 4.10. The number of nitrogens with one attached hydrogen (secondary N) is 1. The van der Waals surface area contributed by atoms with E-state index >= 15 is 0 Å². The Bertz CT molecular complexity index is 1050. The Balaban J connectivity index is 1.46. The van der Waals surface area contributed by atoms with Gasteiger partial charge in [0.15, 0.2) is 0 Å². The molecule has 0 unspecified atom stereocenters. The lowest BCUT2D eigenvalue weighted by atomic mass is 9.89. The van der Waals surface area contributed by atoms with Crippen LogP contribution in [0.15, 0.2) is 76.8 Å². The van der Waals surface area contributed by atoms with E-state index in [1.165, 1.54) is 22.3 Å². The fourth-order valence-electron chi connectivity index (χ4n) is 3.62. The van der Waals surface area contributed by atoms with Crippen molar-refractivity contribution in [2.75, 3.05) is 5.32 Å². The van der Waals surface area contributed by atoms with Gasteiger partial charge >= 0.3 is 0 Å². The predicted molar refractivity (Wildman–Crippen MR) is 120 cm³/mol. The summed E-state index contributed by atoms with van der Waals surface area (Å²) in [6.07, 6.45) is 5.39. The molecule has 0 spiro atoms. The van der Waals surface area contributed by atoms with Gasteiger partial charge in [0.2, 0.25) is 0 Å². The fraction of sp³-hybridized carbons (Fsp3) is 0.160. The summed E-state index contributed by atoms with van der Waals surface area (Å²) in [6, 6.07) is 22.2. The number of para-hydroxylation sites is 1. The number of carbonyl (C=O) groups excluding carboxylic acids is 1. The Hall–Kier alpha value is -2.65. The van der Waals surface area contributed by atoms with E-state index in [4.69, 9.17) is 0 Å². The van der Waals surface area contributed by atoms with Gasteiger partial charge in [0.1, 0.15) is 0 Å². The lowest BCUT2D eigenvalue weighted by molar-refractivity contribution is 0.102. The highest BCUT2D eigenvalue weighted by molar-refractivity contribution is 9.10. The van der Waals surface area contributed by atoms with Crippen molar-refractivity contribution in [3.8, 4) is 0 Å². The highest BCUT2D eigenvalue weighted by Crippen LogP contribution is 2.31. The molecule has 0 saturated carbocycles. The molecular formula is C25H22BrNO. The van der Waals surface area contributed by atoms with Gasteiger partial charge in [-0.1, -0.05) is 70.0 Å². The van der Waals surface area contributed by atoms with Crippen molar-refractivity contribution in [1.29, 1.82) is 0 Å². The van der Waals surface area contributed by atoms with E-state index in [2.05, 4.69) is 57.7 Å². The van der Waals surface area contributed by atoms with Crippen LogP contribution in [0.25, 0.3) is 6.08 Å². The van der Waals surface area contributed by atoms with E-state index in [-0.39, 0.29) is 5.91 Å². The van der Waals surface area contributed by atoms with Gasteiger partial charge in [0.05, 0.1) is 0 Å². The number of carbonyl (C=O) groups is 1. The van der Waals surface area contributed by atoms with Gasteiger partial charge < -0.3 is 5.32 Å². The number of allylic oxidation sites excluding steroid dienone is 1. The van der Waals surface area contributed by atoms with Crippen LogP contribution in [0.4, 0.5) is 5.69 Å². The van der Waals surface area contributed by atoms with Gasteiger partial charge in [-0.2, -0.15) is 0 Å². The van der Waals surface area contributed by atoms with Gasteiger partial charge in [0, 0.05) is 15.7 Å². The first kappa shape index (κ1) is 18.7. The molecule has 28 heavy (non-hydrogen) atoms. The molecule has 3 aromatic carbocycles. The number of hydrogen-bond donors (Lipinski definition) is 1. The smallest absolute Gasteiger partial charge is 0.255 e. The van der Waals surface area contributed by atoms with E-state index in [1.54, 1.807) is 0 Å². The van der Waals surface area contributed by atoms with Crippen molar-refractivity contribution in [3.05, 3.63) is 105 Å². The van der Waals surface area contributed by atoms with Crippen molar-refractivity contribution >= 4 is 33.6 Å². The third-order valence-corrected chi connectivity index (χ3v) is 5.94. The highest BCUT2D eigenvalue weighted by atomic mass is 79.9. The molecule has 0 aliphatic heterocycles. The van der Waals surface area contributed by atoms with Crippen LogP contribution in [-0.2, 0) is 12.8 Å². The Morgan fingerprint density at radius 3 is 2.54 bits per heavy atom. The summed E-state index contributed by atoms with van der Waals surface area (Å²) in [5.41, 5.74) is 7.96. The first-order valence-electron chi connectivity index (χ1n) is 9.53. The van der Waals surface area contributed by atoms with E-state index in [9.17, 15) is 4.79 Å². The zero-order valence-corrected chi connectivity index (χ0v) is 17.4. The molecule has 0 bridgehead atoms. The van der Waals surface area contributed by atoms with Crippen molar-refractivity contribution in [1.82, 2.24) is 0 Å². The van der Waals surface area contributed by atoms with Crippen molar-refractivity contribution < 1.29 is 4.79 Å². The Labute approximate surface area is 174 Å². The van der Waals surface area contributed by atoms with Crippen LogP contribution >= 0.6 is 15.9 Å². The molecule has 1 aliphatic carbocycles. The second-order valence-electron chi connectivity index (χ2n) is 7.26. The molecule has 0 aromatic heterocycles. The minimum atomic E-state index is -0.0735. The molecular weight excluding hydrogens is 410 g/mol. The van der Waals surface area contributed by atoms with Crippen LogP contribution in [0.2, 0.25) is 0 Å². The Morgan fingerprint density at radius 2 is 1.75 bits per heavy atom. The van der Waals surface area contributed by atoms with Gasteiger partial charge in [0.25, 0.3) is 5.91 Å². The molecule has 1 amide bonds. The summed E-state index contributed by atoms with van der Waals surface area (Å²) >= 11 is 3.66. The number of anilines is 1. The van der Waals surface area contributed by atoms with Gasteiger partial charge in [-0.05, 0) is 72.7 Å². The van der Waals surface area contributed by atoms with Gasteiger partial charge in [-0.15, -0.1) is 0 Å². The Kier molecular flexibility index (Phi) is 5.45. The topological polar surface area (TPSA) is 29.1 Å². The lowest BCUT2D eigenvalue weighted by Crippen LogP contribution is -2.12. The van der Waals surface area contributed by atoms with Crippen molar-refractivity contribution in [2.24, 2.45) is 0 Å². The molecule has 140 valence electrons. The molecule has 2 nitrogen and oxygen atoms in total. The van der Waals surface area contributed by atoms with Crippen LogP contribution in [0, 0.1) is 6.92 Å². The maximum atomic E-state index is 12.5. The summed E-state index contributed by atoms with van der Waals surface area (Å²) in [7, 11) is 0. The third-order valence-electron chi connectivity index (χ3n) is 5.25. The van der Waals surface area contributed by atoms with Crippen LogP contribution in [0.1, 0.15) is 39.0 Å². The molecule has 4 rings (SSSR count). The van der Waals surface area contributed by atoms with Crippen LogP contribution in [-0.4, -0.2) is 5.91 Å². The lowest BCUT2D eigenvalue weighted by Gasteiger charge is -2.18. The van der Waals surface area contributed by atoms with Crippen molar-refractivity contribution in [2.45, 2.75) is 26.2 Å². The predicted octanol–water partition coefficient (Wildman–Crippen LogP) is 6.58. The molecule has 1 N–H and O–H groups in total.